The van der Waals surface area contributed by atoms with Gasteiger partial charge in [0.05, 0.1) is 33.0 Å². The first-order valence-electron chi connectivity index (χ1n) is 8.56. The normalized spacial score (nSPS) is 23.2. The van der Waals surface area contributed by atoms with Crippen LogP contribution >= 0.6 is 0 Å². The lowest BCUT2D eigenvalue weighted by Crippen LogP contribution is -2.38. The summed E-state index contributed by atoms with van der Waals surface area (Å²) in [6.07, 6.45) is -0.734. The predicted octanol–water partition coefficient (Wildman–Crippen LogP) is 2.16. The molecule has 5 nitrogen and oxygen atoms in total. The zero-order chi connectivity index (χ0) is 18.7. The van der Waals surface area contributed by atoms with E-state index in [-0.39, 0.29) is 18.3 Å². The highest BCUT2D eigenvalue weighted by Gasteiger charge is 2.41. The van der Waals surface area contributed by atoms with Crippen LogP contribution in [0.2, 0.25) is 0 Å². The molecule has 140 valence electrons. The standard InChI is InChI=1S/C20H24FNO4/c1-25-16-7-8-19(26-2)14(9-16)10-22-11-17(20(24)18(22)12-23)13-3-5-15(21)6-4-13/h3-9,17-18,20,23-24H,10-12H2,1-2H3/t17-,18-,20-/m1/s1. The molecule has 1 saturated heterocycles. The maximum atomic E-state index is 13.2. The fraction of sp³-hybridized carbons (Fsp3) is 0.400. The van der Waals surface area contributed by atoms with Gasteiger partial charge in [-0.2, -0.15) is 0 Å². The minimum Gasteiger partial charge on any atom is -0.497 e. The zero-order valence-corrected chi connectivity index (χ0v) is 14.9. The first kappa shape index (κ1) is 18.6. The third kappa shape index (κ3) is 3.67. The predicted molar refractivity (Wildman–Crippen MR) is 96.0 cm³/mol. The van der Waals surface area contributed by atoms with Crippen molar-refractivity contribution >= 4 is 0 Å². The van der Waals surface area contributed by atoms with Gasteiger partial charge >= 0.3 is 0 Å². The quantitative estimate of drug-likeness (QED) is 0.826. The highest BCUT2D eigenvalue weighted by Crippen LogP contribution is 2.35. The van der Waals surface area contributed by atoms with Crippen LogP contribution in [-0.2, 0) is 6.54 Å². The Bertz CT molecular complexity index is 737. The molecule has 1 fully saturated rings. The lowest BCUT2D eigenvalue weighted by Gasteiger charge is -2.25. The molecule has 6 heteroatoms. The largest absolute Gasteiger partial charge is 0.497 e. The second-order valence-electron chi connectivity index (χ2n) is 6.51. The van der Waals surface area contributed by atoms with Crippen molar-refractivity contribution < 1.29 is 24.1 Å². The Kier molecular flexibility index (Phi) is 5.76. The molecule has 3 atom stereocenters. The van der Waals surface area contributed by atoms with Crippen molar-refractivity contribution in [3.63, 3.8) is 0 Å². The van der Waals surface area contributed by atoms with E-state index in [2.05, 4.69) is 0 Å². The van der Waals surface area contributed by atoms with Gasteiger partial charge in [-0.3, -0.25) is 4.90 Å². The Balaban J connectivity index is 1.84. The van der Waals surface area contributed by atoms with Gasteiger partial charge in [-0.1, -0.05) is 12.1 Å². The highest BCUT2D eigenvalue weighted by atomic mass is 19.1. The average Bonchev–Trinajstić information content (AvgIpc) is 2.97. The van der Waals surface area contributed by atoms with E-state index < -0.39 is 12.1 Å². The Labute approximate surface area is 152 Å². The van der Waals surface area contributed by atoms with Crippen molar-refractivity contribution in [2.75, 3.05) is 27.4 Å². The van der Waals surface area contributed by atoms with Gasteiger partial charge in [0.25, 0.3) is 0 Å². The molecule has 26 heavy (non-hydrogen) atoms. The van der Waals surface area contributed by atoms with Crippen molar-refractivity contribution in [2.24, 2.45) is 0 Å². The molecule has 1 aliphatic rings. The summed E-state index contributed by atoms with van der Waals surface area (Å²) in [5.74, 6) is 0.945. The number of methoxy groups -OCH3 is 2. The summed E-state index contributed by atoms with van der Waals surface area (Å²) in [5, 5.41) is 20.5. The maximum Gasteiger partial charge on any atom is 0.123 e. The molecule has 0 radical (unpaired) electrons. The molecule has 0 unspecified atom stereocenters. The molecule has 0 saturated carbocycles. The summed E-state index contributed by atoms with van der Waals surface area (Å²) < 4.78 is 23.9. The van der Waals surface area contributed by atoms with Gasteiger partial charge in [-0.15, -0.1) is 0 Å². The van der Waals surface area contributed by atoms with Crippen LogP contribution in [0.25, 0.3) is 0 Å². The van der Waals surface area contributed by atoms with E-state index in [1.165, 1.54) is 12.1 Å². The van der Waals surface area contributed by atoms with Crippen LogP contribution in [0.1, 0.15) is 17.0 Å². The number of ether oxygens (including phenoxy) is 2. The average molecular weight is 361 g/mol. The molecule has 3 rings (SSSR count). The van der Waals surface area contributed by atoms with Gasteiger partial charge in [0.15, 0.2) is 0 Å². The number of benzene rings is 2. The lowest BCUT2D eigenvalue weighted by molar-refractivity contribution is 0.0638. The van der Waals surface area contributed by atoms with Gasteiger partial charge in [0, 0.05) is 24.6 Å². The van der Waals surface area contributed by atoms with Gasteiger partial charge in [-0.05, 0) is 35.9 Å². The minimum atomic E-state index is -0.734. The topological polar surface area (TPSA) is 62.2 Å². The molecule has 0 amide bonds. The summed E-state index contributed by atoms with van der Waals surface area (Å²) in [6, 6.07) is 11.3. The molecule has 2 N–H and O–H groups in total. The van der Waals surface area contributed by atoms with E-state index in [0.717, 1.165) is 22.6 Å². The molecule has 1 heterocycles. The van der Waals surface area contributed by atoms with Gasteiger partial charge < -0.3 is 19.7 Å². The van der Waals surface area contributed by atoms with E-state index in [4.69, 9.17) is 9.47 Å². The van der Waals surface area contributed by atoms with Crippen LogP contribution in [0.15, 0.2) is 42.5 Å². The Hall–Kier alpha value is -2.15. The second kappa shape index (κ2) is 8.03. The van der Waals surface area contributed by atoms with E-state index in [1.54, 1.807) is 26.4 Å². The summed E-state index contributed by atoms with van der Waals surface area (Å²) >= 11 is 0. The van der Waals surface area contributed by atoms with E-state index in [1.807, 2.05) is 23.1 Å². The molecule has 2 aromatic rings. The molecular weight excluding hydrogens is 337 g/mol. The van der Waals surface area contributed by atoms with Crippen LogP contribution < -0.4 is 9.47 Å². The monoisotopic (exact) mass is 361 g/mol. The van der Waals surface area contributed by atoms with Gasteiger partial charge in [0.2, 0.25) is 0 Å². The smallest absolute Gasteiger partial charge is 0.123 e. The fourth-order valence-corrected chi connectivity index (χ4v) is 3.62. The zero-order valence-electron chi connectivity index (χ0n) is 14.9. The van der Waals surface area contributed by atoms with Crippen molar-refractivity contribution in [3.8, 4) is 11.5 Å². The van der Waals surface area contributed by atoms with Crippen LogP contribution in [0.5, 0.6) is 11.5 Å². The highest BCUT2D eigenvalue weighted by molar-refractivity contribution is 5.40. The first-order valence-corrected chi connectivity index (χ1v) is 8.56. The number of aliphatic hydroxyl groups is 2. The van der Waals surface area contributed by atoms with Crippen LogP contribution in [-0.4, -0.2) is 54.6 Å². The number of halogens is 1. The summed E-state index contributed by atoms with van der Waals surface area (Å²) in [4.78, 5) is 2.02. The van der Waals surface area contributed by atoms with Crippen LogP contribution in [0.3, 0.4) is 0 Å². The number of likely N-dealkylation sites (tertiary alicyclic amines) is 1. The number of nitrogens with zero attached hydrogens (tertiary/aromatic N) is 1. The van der Waals surface area contributed by atoms with Crippen LogP contribution in [0, 0.1) is 5.82 Å². The third-order valence-corrected chi connectivity index (χ3v) is 5.05. The minimum absolute atomic E-state index is 0.162. The van der Waals surface area contributed by atoms with Crippen molar-refractivity contribution in [1.29, 1.82) is 0 Å². The summed E-state index contributed by atoms with van der Waals surface area (Å²) in [7, 11) is 3.21. The molecular formula is C20H24FNO4. The molecule has 0 aromatic heterocycles. The number of rotatable bonds is 6. The van der Waals surface area contributed by atoms with E-state index in [9.17, 15) is 14.6 Å². The summed E-state index contributed by atoms with van der Waals surface area (Å²) in [6.45, 7) is 0.893. The summed E-state index contributed by atoms with van der Waals surface area (Å²) in [5.41, 5.74) is 1.77. The van der Waals surface area contributed by atoms with E-state index >= 15 is 0 Å². The van der Waals surface area contributed by atoms with Gasteiger partial charge in [-0.25, -0.2) is 4.39 Å². The second-order valence-corrected chi connectivity index (χ2v) is 6.51. The Morgan fingerprint density at radius 1 is 1.12 bits per heavy atom. The number of hydrogen-bond acceptors (Lipinski definition) is 5. The lowest BCUT2D eigenvalue weighted by atomic mass is 9.94. The molecule has 0 spiro atoms. The Morgan fingerprint density at radius 3 is 2.46 bits per heavy atom. The third-order valence-electron chi connectivity index (χ3n) is 5.05. The van der Waals surface area contributed by atoms with Crippen molar-refractivity contribution in [3.05, 3.63) is 59.4 Å². The van der Waals surface area contributed by atoms with E-state index in [0.29, 0.717) is 13.1 Å². The SMILES string of the molecule is COc1ccc(OC)c(CN2C[C@H](c3ccc(F)cc3)[C@@H](O)[C@H]2CO)c1. The Morgan fingerprint density at radius 2 is 1.85 bits per heavy atom. The van der Waals surface area contributed by atoms with Gasteiger partial charge in [0.1, 0.15) is 17.3 Å². The van der Waals surface area contributed by atoms with Crippen molar-refractivity contribution in [2.45, 2.75) is 24.6 Å². The molecule has 2 aromatic carbocycles. The number of aliphatic hydroxyl groups excluding tert-OH is 2. The fourth-order valence-electron chi connectivity index (χ4n) is 3.62. The van der Waals surface area contributed by atoms with Crippen LogP contribution in [0.4, 0.5) is 4.39 Å². The molecule has 0 aliphatic carbocycles. The molecule has 0 bridgehead atoms. The van der Waals surface area contributed by atoms with Crippen molar-refractivity contribution in [1.82, 2.24) is 4.90 Å². The maximum absolute atomic E-state index is 13.2. The first-order chi connectivity index (χ1) is 12.6. The number of hydrogen-bond donors (Lipinski definition) is 2. The molecule has 1 aliphatic heterocycles.